The summed E-state index contributed by atoms with van der Waals surface area (Å²) in [6, 6.07) is 0. The van der Waals surface area contributed by atoms with E-state index in [0.717, 1.165) is 18.0 Å². The molecule has 0 N–H and O–H groups in total. The van der Waals surface area contributed by atoms with Crippen LogP contribution < -0.4 is 0 Å². The summed E-state index contributed by atoms with van der Waals surface area (Å²) in [5.74, 6) is 0. The molecule has 186 valence electrons. The predicted molar refractivity (Wildman–Crippen MR) is 141 cm³/mol. The van der Waals surface area contributed by atoms with E-state index in [-0.39, 0.29) is 32.3 Å². The third kappa shape index (κ3) is 15.6. The molecule has 0 aromatic heterocycles. The van der Waals surface area contributed by atoms with Crippen molar-refractivity contribution in [3.05, 3.63) is 0 Å². The highest BCUT2D eigenvalue weighted by Crippen LogP contribution is 2.52. The summed E-state index contributed by atoms with van der Waals surface area (Å²) >= 11 is 0. The standard InChI is InChI=1S/C24H51O4P3/c1-20(2)25-30(26-21(3)4)18-12-16-29(24-14-10-9-11-15-24)17-13-19-31(27-22(5)6)28-23(7)8/h20-24H,9-19H2,1-8H3. The van der Waals surface area contributed by atoms with Gasteiger partial charge in [-0.1, -0.05) is 19.3 Å². The maximum absolute atomic E-state index is 6.09. The first-order valence-corrected chi connectivity index (χ1v) is 17.1. The summed E-state index contributed by atoms with van der Waals surface area (Å²) in [5.41, 5.74) is 0.968. The van der Waals surface area contributed by atoms with Crippen LogP contribution in [0.1, 0.15) is 100 Å². The Kier molecular flexibility index (Phi) is 17.1. The van der Waals surface area contributed by atoms with Crippen LogP contribution in [0.2, 0.25) is 0 Å². The zero-order valence-corrected chi connectivity index (χ0v) is 24.3. The van der Waals surface area contributed by atoms with Crippen molar-refractivity contribution in [1.29, 1.82) is 0 Å². The van der Waals surface area contributed by atoms with E-state index in [4.69, 9.17) is 18.1 Å². The van der Waals surface area contributed by atoms with E-state index in [1.807, 2.05) is 0 Å². The van der Waals surface area contributed by atoms with Gasteiger partial charge in [-0.2, -0.15) is 0 Å². The van der Waals surface area contributed by atoms with E-state index in [0.29, 0.717) is 0 Å². The molecular formula is C24H51O4P3. The van der Waals surface area contributed by atoms with E-state index < -0.39 is 16.8 Å². The normalized spacial score (nSPS) is 16.4. The summed E-state index contributed by atoms with van der Waals surface area (Å²) in [5, 5.41) is 0. The lowest BCUT2D eigenvalue weighted by Crippen LogP contribution is -2.15. The first kappa shape index (κ1) is 30.2. The molecule has 7 heteroatoms. The average Bonchev–Trinajstić information content (AvgIpc) is 2.65. The quantitative estimate of drug-likeness (QED) is 0.188. The number of hydrogen-bond acceptors (Lipinski definition) is 4. The van der Waals surface area contributed by atoms with Crippen LogP contribution in [0.25, 0.3) is 0 Å². The maximum atomic E-state index is 6.09. The monoisotopic (exact) mass is 496 g/mol. The van der Waals surface area contributed by atoms with Gasteiger partial charge in [-0.05, 0) is 99.1 Å². The lowest BCUT2D eigenvalue weighted by atomic mass is 10.0. The Labute approximate surface area is 197 Å². The maximum Gasteiger partial charge on any atom is 0.170 e. The molecule has 0 unspecified atom stereocenters. The molecule has 0 saturated heterocycles. The van der Waals surface area contributed by atoms with Crippen LogP contribution in [0, 0.1) is 0 Å². The zero-order valence-electron chi connectivity index (χ0n) is 21.6. The molecule has 0 atom stereocenters. The number of hydrogen-bond donors (Lipinski definition) is 0. The van der Waals surface area contributed by atoms with Gasteiger partial charge >= 0.3 is 0 Å². The molecule has 1 aliphatic rings. The van der Waals surface area contributed by atoms with Crippen LogP contribution in [0.3, 0.4) is 0 Å². The summed E-state index contributed by atoms with van der Waals surface area (Å²) in [7, 11) is -1.44. The van der Waals surface area contributed by atoms with Crippen molar-refractivity contribution < 1.29 is 18.1 Å². The van der Waals surface area contributed by atoms with Gasteiger partial charge in [0.25, 0.3) is 0 Å². The van der Waals surface area contributed by atoms with Crippen molar-refractivity contribution in [1.82, 2.24) is 0 Å². The summed E-state index contributed by atoms with van der Waals surface area (Å²) in [6.45, 7) is 16.9. The minimum Gasteiger partial charge on any atom is -0.331 e. The molecule has 0 radical (unpaired) electrons. The van der Waals surface area contributed by atoms with Gasteiger partial charge in [0.1, 0.15) is 0 Å². The van der Waals surface area contributed by atoms with Crippen molar-refractivity contribution in [3.63, 3.8) is 0 Å². The molecule has 0 aliphatic heterocycles. The van der Waals surface area contributed by atoms with Gasteiger partial charge in [0.2, 0.25) is 0 Å². The minimum atomic E-state index is -0.757. The molecule has 0 amide bonds. The average molecular weight is 497 g/mol. The first-order chi connectivity index (χ1) is 14.7. The second-order valence-electron chi connectivity index (χ2n) is 9.76. The predicted octanol–water partition coefficient (Wildman–Crippen LogP) is 8.91. The van der Waals surface area contributed by atoms with E-state index in [2.05, 4.69) is 55.4 Å². The Morgan fingerprint density at radius 3 is 1.23 bits per heavy atom. The molecule has 0 heterocycles. The fraction of sp³-hybridized carbons (Fsp3) is 1.00. The molecule has 0 aromatic rings. The smallest absolute Gasteiger partial charge is 0.170 e. The second-order valence-corrected chi connectivity index (χ2v) is 15.6. The molecule has 31 heavy (non-hydrogen) atoms. The lowest BCUT2D eigenvalue weighted by Gasteiger charge is -2.32. The van der Waals surface area contributed by atoms with Gasteiger partial charge in [0, 0.05) is 12.3 Å². The van der Waals surface area contributed by atoms with Gasteiger partial charge in [-0.3, -0.25) is 0 Å². The fourth-order valence-electron chi connectivity index (χ4n) is 3.93. The second kappa shape index (κ2) is 17.5. The minimum absolute atomic E-state index is 0.0770. The largest absolute Gasteiger partial charge is 0.331 e. The van der Waals surface area contributed by atoms with E-state index in [1.165, 1.54) is 57.3 Å². The van der Waals surface area contributed by atoms with Crippen LogP contribution in [-0.4, -0.2) is 54.7 Å². The van der Waals surface area contributed by atoms with Crippen LogP contribution in [-0.2, 0) is 18.1 Å². The number of rotatable bonds is 17. The Hall–Kier alpha value is 1.13. The Morgan fingerprint density at radius 2 is 0.903 bits per heavy atom. The van der Waals surface area contributed by atoms with E-state index >= 15 is 0 Å². The third-order valence-electron chi connectivity index (χ3n) is 4.98. The highest BCUT2D eigenvalue weighted by molar-refractivity contribution is 7.58. The summed E-state index contributed by atoms with van der Waals surface area (Å²) < 4.78 is 24.4. The Morgan fingerprint density at radius 1 is 0.548 bits per heavy atom. The van der Waals surface area contributed by atoms with Crippen LogP contribution in [0.4, 0.5) is 0 Å². The Balaban J connectivity index is 2.57. The van der Waals surface area contributed by atoms with Gasteiger partial charge in [0.05, 0.1) is 24.4 Å². The molecule has 1 rings (SSSR count). The topological polar surface area (TPSA) is 36.9 Å². The molecular weight excluding hydrogens is 445 g/mol. The first-order valence-electron chi connectivity index (χ1n) is 12.6. The van der Waals surface area contributed by atoms with Crippen molar-refractivity contribution in [2.45, 2.75) is 130 Å². The molecule has 0 bridgehead atoms. The van der Waals surface area contributed by atoms with Crippen molar-refractivity contribution in [2.75, 3.05) is 24.6 Å². The van der Waals surface area contributed by atoms with Crippen molar-refractivity contribution >= 4 is 24.7 Å². The molecule has 4 nitrogen and oxygen atoms in total. The van der Waals surface area contributed by atoms with Gasteiger partial charge in [-0.25, -0.2) is 0 Å². The van der Waals surface area contributed by atoms with Crippen LogP contribution in [0.5, 0.6) is 0 Å². The molecule has 1 saturated carbocycles. The molecule has 1 aliphatic carbocycles. The molecule has 1 fully saturated rings. The van der Waals surface area contributed by atoms with E-state index in [9.17, 15) is 0 Å². The molecule has 0 spiro atoms. The third-order valence-corrected chi connectivity index (χ3v) is 12.3. The van der Waals surface area contributed by atoms with Crippen LogP contribution >= 0.6 is 24.7 Å². The fourth-order valence-corrected chi connectivity index (χ4v) is 10.8. The summed E-state index contributed by atoms with van der Waals surface area (Å²) in [4.78, 5) is 0. The highest BCUT2D eigenvalue weighted by atomic mass is 31.2. The van der Waals surface area contributed by atoms with Gasteiger partial charge in [-0.15, -0.1) is 7.92 Å². The Bertz CT molecular complexity index is 379. The van der Waals surface area contributed by atoms with Crippen molar-refractivity contribution in [3.8, 4) is 0 Å². The zero-order chi connectivity index (χ0) is 23.2. The lowest BCUT2D eigenvalue weighted by molar-refractivity contribution is 0.176. The van der Waals surface area contributed by atoms with Crippen LogP contribution in [0.15, 0.2) is 0 Å². The van der Waals surface area contributed by atoms with Crippen molar-refractivity contribution in [2.24, 2.45) is 0 Å². The molecule has 0 aromatic carbocycles. The van der Waals surface area contributed by atoms with E-state index in [1.54, 1.807) is 0 Å². The summed E-state index contributed by atoms with van der Waals surface area (Å²) in [6.07, 6.45) is 15.6. The van der Waals surface area contributed by atoms with Gasteiger partial charge in [0.15, 0.2) is 16.8 Å². The SMILES string of the molecule is CC(C)OP(CCCP(CCCP(OC(C)C)OC(C)C)C1CCCCC1)OC(C)C. The van der Waals surface area contributed by atoms with Gasteiger partial charge < -0.3 is 18.1 Å². The highest BCUT2D eigenvalue weighted by Gasteiger charge is 2.25.